The van der Waals surface area contributed by atoms with Gasteiger partial charge in [-0.2, -0.15) is 5.10 Å². The maximum Gasteiger partial charge on any atom is 0.271 e. The van der Waals surface area contributed by atoms with Crippen LogP contribution in [-0.4, -0.2) is 25.2 Å². The molecule has 0 atom stereocenters. The van der Waals surface area contributed by atoms with E-state index in [-0.39, 0.29) is 11.7 Å². The van der Waals surface area contributed by atoms with E-state index in [1.54, 1.807) is 24.3 Å². The summed E-state index contributed by atoms with van der Waals surface area (Å²) in [7, 11) is 0. The number of nitrogens with one attached hydrogen (secondary N) is 1. The van der Waals surface area contributed by atoms with Crippen molar-refractivity contribution in [1.29, 1.82) is 0 Å². The fourth-order valence-electron chi connectivity index (χ4n) is 2.84. The van der Waals surface area contributed by atoms with Gasteiger partial charge in [-0.25, -0.2) is 9.82 Å². The summed E-state index contributed by atoms with van der Waals surface area (Å²) in [6.45, 7) is 3.72. The molecule has 1 aliphatic rings. The number of benzene rings is 2. The molecule has 2 aromatic carbocycles. The minimum Gasteiger partial charge on any atom is -0.369 e. The van der Waals surface area contributed by atoms with E-state index >= 15 is 0 Å². The molecule has 0 spiro atoms. The quantitative estimate of drug-likeness (QED) is 0.691. The van der Waals surface area contributed by atoms with E-state index in [0.29, 0.717) is 16.8 Å². The van der Waals surface area contributed by atoms with Crippen molar-refractivity contribution in [3.05, 3.63) is 65.0 Å². The molecule has 5 heteroatoms. The highest BCUT2D eigenvalue weighted by molar-refractivity contribution is 5.95. The molecule has 0 radical (unpaired) electrons. The van der Waals surface area contributed by atoms with Crippen molar-refractivity contribution in [2.75, 3.05) is 18.0 Å². The molecule has 24 heavy (non-hydrogen) atoms. The fourth-order valence-corrected chi connectivity index (χ4v) is 2.84. The minimum absolute atomic E-state index is 0.252. The number of carbonyl (C=O) groups excluding carboxylic acids is 1. The molecule has 1 saturated heterocycles. The Morgan fingerprint density at radius 3 is 2.62 bits per heavy atom. The Morgan fingerprint density at radius 2 is 1.92 bits per heavy atom. The van der Waals surface area contributed by atoms with Gasteiger partial charge in [-0.05, 0) is 49.6 Å². The van der Waals surface area contributed by atoms with E-state index in [9.17, 15) is 9.18 Å². The summed E-state index contributed by atoms with van der Waals surface area (Å²) in [6, 6.07) is 12.2. The maximum atomic E-state index is 14.3. The Bertz CT molecular complexity index is 753. The number of hydrogen-bond acceptors (Lipinski definition) is 3. The van der Waals surface area contributed by atoms with Gasteiger partial charge in [-0.1, -0.05) is 18.2 Å². The molecule has 0 aromatic heterocycles. The largest absolute Gasteiger partial charge is 0.369 e. The number of rotatable bonds is 4. The Labute approximate surface area is 141 Å². The van der Waals surface area contributed by atoms with Crippen LogP contribution in [0.25, 0.3) is 0 Å². The van der Waals surface area contributed by atoms with E-state index in [2.05, 4.69) is 15.4 Å². The number of aryl methyl sites for hydroxylation is 1. The first kappa shape index (κ1) is 16.2. The normalized spacial score (nSPS) is 14.3. The number of hydrazone groups is 1. The molecule has 1 N–H and O–H groups in total. The van der Waals surface area contributed by atoms with Crippen LogP contribution in [0.3, 0.4) is 0 Å². The summed E-state index contributed by atoms with van der Waals surface area (Å²) in [5.74, 6) is -0.544. The van der Waals surface area contributed by atoms with Crippen LogP contribution in [0.4, 0.5) is 10.1 Å². The third-order valence-electron chi connectivity index (χ3n) is 4.19. The second-order valence-corrected chi connectivity index (χ2v) is 5.92. The molecular formula is C19H20FN3O. The van der Waals surface area contributed by atoms with Gasteiger partial charge in [0.05, 0.1) is 11.9 Å². The molecule has 0 aliphatic carbocycles. The fraction of sp³-hybridized carbons (Fsp3) is 0.263. The monoisotopic (exact) mass is 325 g/mol. The number of halogens is 1. The van der Waals surface area contributed by atoms with Gasteiger partial charge in [0.1, 0.15) is 5.82 Å². The second-order valence-electron chi connectivity index (χ2n) is 5.92. The molecule has 0 unspecified atom stereocenters. The molecule has 1 amide bonds. The van der Waals surface area contributed by atoms with Crippen molar-refractivity contribution in [2.24, 2.45) is 5.10 Å². The summed E-state index contributed by atoms with van der Waals surface area (Å²) < 4.78 is 14.3. The van der Waals surface area contributed by atoms with Gasteiger partial charge in [0, 0.05) is 24.2 Å². The first-order valence-electron chi connectivity index (χ1n) is 8.09. The van der Waals surface area contributed by atoms with Crippen molar-refractivity contribution in [3.8, 4) is 0 Å². The van der Waals surface area contributed by atoms with Crippen molar-refractivity contribution in [2.45, 2.75) is 19.8 Å². The number of hydrogen-bond donors (Lipinski definition) is 1. The third-order valence-corrected chi connectivity index (χ3v) is 4.19. The Kier molecular flexibility index (Phi) is 4.89. The second kappa shape index (κ2) is 7.25. The lowest BCUT2D eigenvalue weighted by molar-refractivity contribution is 0.0955. The van der Waals surface area contributed by atoms with E-state index in [4.69, 9.17) is 0 Å². The highest BCUT2D eigenvalue weighted by Gasteiger charge is 2.17. The highest BCUT2D eigenvalue weighted by Crippen LogP contribution is 2.26. The molecule has 1 fully saturated rings. The number of anilines is 1. The minimum atomic E-state index is -0.293. The van der Waals surface area contributed by atoms with Gasteiger partial charge in [0.2, 0.25) is 0 Å². The molecule has 3 rings (SSSR count). The van der Waals surface area contributed by atoms with Crippen LogP contribution in [0.1, 0.15) is 34.3 Å². The highest BCUT2D eigenvalue weighted by atomic mass is 19.1. The van der Waals surface area contributed by atoms with Gasteiger partial charge >= 0.3 is 0 Å². The molecule has 1 heterocycles. The SMILES string of the molecule is Cc1cc(N2CCCC2)c(F)cc1C=NNC(=O)c1ccccc1. The van der Waals surface area contributed by atoms with Crippen LogP contribution in [0.2, 0.25) is 0 Å². The Balaban J connectivity index is 1.71. The van der Waals surface area contributed by atoms with E-state index in [1.807, 2.05) is 19.1 Å². The zero-order chi connectivity index (χ0) is 16.9. The summed E-state index contributed by atoms with van der Waals surface area (Å²) in [5.41, 5.74) is 5.22. The lowest BCUT2D eigenvalue weighted by atomic mass is 10.1. The van der Waals surface area contributed by atoms with Gasteiger partial charge in [0.15, 0.2) is 0 Å². The molecule has 4 nitrogen and oxygen atoms in total. The summed E-state index contributed by atoms with van der Waals surface area (Å²) >= 11 is 0. The molecule has 2 aromatic rings. The summed E-state index contributed by atoms with van der Waals surface area (Å²) in [5, 5.41) is 3.94. The predicted octanol–water partition coefficient (Wildman–Crippen LogP) is 3.50. The van der Waals surface area contributed by atoms with Crippen LogP contribution in [-0.2, 0) is 0 Å². The van der Waals surface area contributed by atoms with Gasteiger partial charge < -0.3 is 4.90 Å². The van der Waals surface area contributed by atoms with Crippen molar-refractivity contribution in [1.82, 2.24) is 5.43 Å². The standard InChI is InChI=1S/C19H20FN3O/c1-14-11-18(23-9-5-6-10-23)17(20)12-16(14)13-21-22-19(24)15-7-3-2-4-8-15/h2-4,7-8,11-13H,5-6,9-10H2,1H3,(H,22,24). The number of carbonyl (C=O) groups is 1. The predicted molar refractivity (Wildman–Crippen MR) is 94.1 cm³/mol. The summed E-state index contributed by atoms with van der Waals surface area (Å²) in [6.07, 6.45) is 3.69. The Morgan fingerprint density at radius 1 is 1.21 bits per heavy atom. The Hall–Kier alpha value is -2.69. The van der Waals surface area contributed by atoms with Crippen molar-refractivity contribution >= 4 is 17.8 Å². The first-order chi connectivity index (χ1) is 11.6. The topological polar surface area (TPSA) is 44.7 Å². The van der Waals surface area contributed by atoms with Crippen LogP contribution in [0, 0.1) is 12.7 Å². The van der Waals surface area contributed by atoms with E-state index < -0.39 is 0 Å². The van der Waals surface area contributed by atoms with Crippen LogP contribution in [0.15, 0.2) is 47.6 Å². The third kappa shape index (κ3) is 3.62. The first-order valence-corrected chi connectivity index (χ1v) is 8.09. The van der Waals surface area contributed by atoms with Gasteiger partial charge in [-0.3, -0.25) is 4.79 Å². The van der Waals surface area contributed by atoms with Crippen molar-refractivity contribution in [3.63, 3.8) is 0 Å². The summed E-state index contributed by atoms with van der Waals surface area (Å²) in [4.78, 5) is 14.0. The van der Waals surface area contributed by atoms with Crippen LogP contribution < -0.4 is 10.3 Å². The van der Waals surface area contributed by atoms with Crippen molar-refractivity contribution < 1.29 is 9.18 Å². The maximum absolute atomic E-state index is 14.3. The molecule has 0 saturated carbocycles. The van der Waals surface area contributed by atoms with E-state index in [0.717, 1.165) is 31.5 Å². The zero-order valence-electron chi connectivity index (χ0n) is 13.6. The lowest BCUT2D eigenvalue weighted by Crippen LogP contribution is -2.19. The number of amides is 1. The van der Waals surface area contributed by atoms with Gasteiger partial charge in [-0.15, -0.1) is 0 Å². The van der Waals surface area contributed by atoms with E-state index in [1.165, 1.54) is 12.3 Å². The molecule has 1 aliphatic heterocycles. The zero-order valence-corrected chi connectivity index (χ0v) is 13.6. The molecule has 0 bridgehead atoms. The van der Waals surface area contributed by atoms with Crippen LogP contribution in [0.5, 0.6) is 0 Å². The average molecular weight is 325 g/mol. The molecular weight excluding hydrogens is 305 g/mol. The van der Waals surface area contributed by atoms with Crippen LogP contribution >= 0.6 is 0 Å². The van der Waals surface area contributed by atoms with Gasteiger partial charge in [0.25, 0.3) is 5.91 Å². The molecule has 124 valence electrons. The smallest absolute Gasteiger partial charge is 0.271 e. The number of nitrogens with zero attached hydrogens (tertiary/aromatic N) is 2. The average Bonchev–Trinajstić information content (AvgIpc) is 3.12. The lowest BCUT2D eigenvalue weighted by Gasteiger charge is -2.19.